The van der Waals surface area contributed by atoms with E-state index in [9.17, 15) is 9.90 Å². The van der Waals surface area contributed by atoms with Gasteiger partial charge in [0.25, 0.3) is 5.91 Å². The normalized spacial score (nSPS) is 10.3. The molecule has 0 aliphatic rings. The average molecular weight is 255 g/mol. The van der Waals surface area contributed by atoms with Gasteiger partial charge in [-0.2, -0.15) is 0 Å². The molecule has 0 radical (unpaired) electrons. The molecule has 2 aromatic carbocycles. The lowest BCUT2D eigenvalue weighted by Crippen LogP contribution is -2.13. The van der Waals surface area contributed by atoms with Gasteiger partial charge in [0, 0.05) is 5.69 Å². The number of hydrogen-bond donors (Lipinski definition) is 2. The van der Waals surface area contributed by atoms with Crippen LogP contribution in [0.2, 0.25) is 0 Å². The molecule has 0 atom stereocenters. The lowest BCUT2D eigenvalue weighted by Gasteiger charge is -2.11. The number of amides is 1. The number of aryl methyl sites for hydroxylation is 2. The Balaban J connectivity index is 2.31. The summed E-state index contributed by atoms with van der Waals surface area (Å²) in [5.41, 5.74) is 3.90. The van der Waals surface area contributed by atoms with Gasteiger partial charge in [0.1, 0.15) is 5.75 Å². The maximum Gasteiger partial charge on any atom is 0.259 e. The number of aromatic hydroxyl groups is 1. The number of benzene rings is 2. The lowest BCUT2D eigenvalue weighted by molar-refractivity contribution is 0.102. The van der Waals surface area contributed by atoms with Gasteiger partial charge >= 0.3 is 0 Å². The van der Waals surface area contributed by atoms with Crippen LogP contribution in [-0.4, -0.2) is 11.0 Å². The quantitative estimate of drug-likeness (QED) is 0.861. The number of phenols is 1. The summed E-state index contributed by atoms with van der Waals surface area (Å²) < 4.78 is 0. The molecule has 3 heteroatoms. The van der Waals surface area contributed by atoms with E-state index in [-0.39, 0.29) is 11.7 Å². The predicted octanol–water partition coefficient (Wildman–Crippen LogP) is 3.57. The Bertz CT molecular complexity index is 633. The molecule has 3 nitrogen and oxygen atoms in total. The lowest BCUT2D eigenvalue weighted by atomic mass is 10.1. The van der Waals surface area contributed by atoms with Crippen LogP contribution in [0.25, 0.3) is 0 Å². The number of hydrogen-bond acceptors (Lipinski definition) is 2. The van der Waals surface area contributed by atoms with E-state index in [1.807, 2.05) is 32.0 Å². The Morgan fingerprint density at radius 3 is 2.37 bits per heavy atom. The van der Waals surface area contributed by atoms with E-state index in [1.165, 1.54) is 0 Å². The first-order valence-electron chi connectivity index (χ1n) is 6.17. The summed E-state index contributed by atoms with van der Waals surface area (Å²) in [5.74, 6) is -0.264. The van der Waals surface area contributed by atoms with Gasteiger partial charge in [-0.05, 0) is 49.6 Å². The molecule has 2 rings (SSSR count). The molecule has 2 N–H and O–H groups in total. The number of phenolic OH excluding ortho intramolecular Hbond substituents is 1. The highest BCUT2D eigenvalue weighted by atomic mass is 16.3. The van der Waals surface area contributed by atoms with Gasteiger partial charge in [-0.1, -0.05) is 24.3 Å². The van der Waals surface area contributed by atoms with Crippen LogP contribution in [0.4, 0.5) is 5.69 Å². The zero-order valence-electron chi connectivity index (χ0n) is 11.3. The van der Waals surface area contributed by atoms with Crippen molar-refractivity contribution in [1.29, 1.82) is 0 Å². The van der Waals surface area contributed by atoms with Crippen LogP contribution in [0.1, 0.15) is 27.0 Å². The van der Waals surface area contributed by atoms with E-state index < -0.39 is 0 Å². The molecule has 0 unspecified atom stereocenters. The smallest absolute Gasteiger partial charge is 0.259 e. The van der Waals surface area contributed by atoms with E-state index >= 15 is 0 Å². The topological polar surface area (TPSA) is 49.3 Å². The summed E-state index contributed by atoms with van der Waals surface area (Å²) in [4.78, 5) is 12.2. The summed E-state index contributed by atoms with van der Waals surface area (Å²) in [7, 11) is 0. The monoisotopic (exact) mass is 255 g/mol. The van der Waals surface area contributed by atoms with Crippen molar-refractivity contribution >= 4 is 11.6 Å². The number of carbonyl (C=O) groups excluding carboxylic acids is 1. The zero-order chi connectivity index (χ0) is 14.0. The third-order valence-electron chi connectivity index (χ3n) is 3.34. The predicted molar refractivity (Wildman–Crippen MR) is 76.7 cm³/mol. The van der Waals surface area contributed by atoms with Gasteiger partial charge in [0.15, 0.2) is 0 Å². The van der Waals surface area contributed by atoms with E-state index in [2.05, 4.69) is 5.32 Å². The maximum absolute atomic E-state index is 12.2. The Hall–Kier alpha value is -2.29. The fourth-order valence-electron chi connectivity index (χ4n) is 1.92. The fraction of sp³-hybridized carbons (Fsp3) is 0.188. The molecule has 0 bridgehead atoms. The van der Waals surface area contributed by atoms with E-state index in [0.717, 1.165) is 16.8 Å². The molecule has 1 amide bonds. The summed E-state index contributed by atoms with van der Waals surface area (Å²) in [6, 6.07) is 10.9. The highest BCUT2D eigenvalue weighted by Gasteiger charge is 2.13. The van der Waals surface area contributed by atoms with Gasteiger partial charge in [0.2, 0.25) is 0 Å². The van der Waals surface area contributed by atoms with Crippen LogP contribution < -0.4 is 5.32 Å². The van der Waals surface area contributed by atoms with Crippen LogP contribution in [0.15, 0.2) is 36.4 Å². The number of nitrogens with one attached hydrogen (secondary N) is 1. The summed E-state index contributed by atoms with van der Waals surface area (Å²) >= 11 is 0. The highest BCUT2D eigenvalue weighted by Crippen LogP contribution is 2.24. The van der Waals surface area contributed by atoms with Crippen molar-refractivity contribution in [2.24, 2.45) is 0 Å². The standard InChI is InChI=1S/C16H17NO2/c1-10-6-5-9-14(12(10)3)17-16(19)13-8-4-7-11(2)15(13)18/h4-9,18H,1-3H3,(H,17,19). The minimum absolute atomic E-state index is 0.0327. The minimum Gasteiger partial charge on any atom is -0.507 e. The van der Waals surface area contributed by atoms with Gasteiger partial charge in [-0.3, -0.25) is 4.79 Å². The summed E-state index contributed by atoms with van der Waals surface area (Å²) in [6.07, 6.45) is 0. The molecule has 0 aliphatic heterocycles. The van der Waals surface area contributed by atoms with Crippen molar-refractivity contribution in [2.45, 2.75) is 20.8 Å². The number of carbonyl (C=O) groups is 1. The number of rotatable bonds is 2. The second kappa shape index (κ2) is 5.14. The van der Waals surface area contributed by atoms with Gasteiger partial charge in [0.05, 0.1) is 5.56 Å². The number of anilines is 1. The fourth-order valence-corrected chi connectivity index (χ4v) is 1.92. The molecule has 0 spiro atoms. The molecule has 0 aliphatic carbocycles. The second-order valence-corrected chi connectivity index (χ2v) is 4.67. The Labute approximate surface area is 112 Å². The molecule has 2 aromatic rings. The van der Waals surface area contributed by atoms with Crippen molar-refractivity contribution in [3.05, 3.63) is 58.7 Å². The van der Waals surface area contributed by atoms with Crippen LogP contribution in [0.5, 0.6) is 5.75 Å². The minimum atomic E-state index is -0.296. The molecule has 0 saturated heterocycles. The first-order chi connectivity index (χ1) is 9.00. The molecule has 0 heterocycles. The Morgan fingerprint density at radius 2 is 1.63 bits per heavy atom. The molecule has 19 heavy (non-hydrogen) atoms. The molecular formula is C16H17NO2. The largest absolute Gasteiger partial charge is 0.507 e. The Morgan fingerprint density at radius 1 is 1.00 bits per heavy atom. The summed E-state index contributed by atoms with van der Waals surface area (Å²) in [6.45, 7) is 5.72. The van der Waals surface area contributed by atoms with Crippen molar-refractivity contribution < 1.29 is 9.90 Å². The average Bonchev–Trinajstić information content (AvgIpc) is 2.38. The number of para-hydroxylation sites is 1. The highest BCUT2D eigenvalue weighted by molar-refractivity contribution is 6.06. The van der Waals surface area contributed by atoms with Crippen molar-refractivity contribution in [3.8, 4) is 5.75 Å². The second-order valence-electron chi connectivity index (χ2n) is 4.67. The van der Waals surface area contributed by atoms with E-state index in [4.69, 9.17) is 0 Å². The van der Waals surface area contributed by atoms with Crippen molar-refractivity contribution in [3.63, 3.8) is 0 Å². The summed E-state index contributed by atoms with van der Waals surface area (Å²) in [5, 5.41) is 12.7. The zero-order valence-corrected chi connectivity index (χ0v) is 11.3. The molecular weight excluding hydrogens is 238 g/mol. The SMILES string of the molecule is Cc1cccc(NC(=O)c2cccc(C)c2O)c1C. The van der Waals surface area contributed by atoms with Crippen LogP contribution in [0, 0.1) is 20.8 Å². The first-order valence-corrected chi connectivity index (χ1v) is 6.17. The van der Waals surface area contributed by atoms with E-state index in [0.29, 0.717) is 11.1 Å². The van der Waals surface area contributed by atoms with Crippen LogP contribution in [-0.2, 0) is 0 Å². The van der Waals surface area contributed by atoms with Crippen LogP contribution >= 0.6 is 0 Å². The van der Waals surface area contributed by atoms with Crippen LogP contribution in [0.3, 0.4) is 0 Å². The first kappa shape index (κ1) is 13.1. The molecule has 98 valence electrons. The van der Waals surface area contributed by atoms with Crippen molar-refractivity contribution in [1.82, 2.24) is 0 Å². The molecule has 0 saturated carbocycles. The van der Waals surface area contributed by atoms with E-state index in [1.54, 1.807) is 25.1 Å². The van der Waals surface area contributed by atoms with Gasteiger partial charge in [-0.25, -0.2) is 0 Å². The Kier molecular flexibility index (Phi) is 3.56. The third kappa shape index (κ3) is 2.60. The molecule has 0 aromatic heterocycles. The third-order valence-corrected chi connectivity index (χ3v) is 3.34. The van der Waals surface area contributed by atoms with Gasteiger partial charge < -0.3 is 10.4 Å². The van der Waals surface area contributed by atoms with Gasteiger partial charge in [-0.15, -0.1) is 0 Å². The van der Waals surface area contributed by atoms with Crippen molar-refractivity contribution in [2.75, 3.05) is 5.32 Å². The molecule has 0 fully saturated rings. The maximum atomic E-state index is 12.2.